The van der Waals surface area contributed by atoms with Crippen molar-refractivity contribution in [2.45, 2.75) is 18.6 Å². The third kappa shape index (κ3) is 3.16. The minimum Gasteiger partial charge on any atom is -0.488 e. The molecule has 2 atom stereocenters. The van der Waals surface area contributed by atoms with Gasteiger partial charge in [0.05, 0.1) is 11.6 Å². The second kappa shape index (κ2) is 5.91. The van der Waals surface area contributed by atoms with Gasteiger partial charge >= 0.3 is 5.97 Å². The van der Waals surface area contributed by atoms with Gasteiger partial charge in [0.2, 0.25) is 0 Å². The van der Waals surface area contributed by atoms with Gasteiger partial charge in [-0.15, -0.1) is 0 Å². The van der Waals surface area contributed by atoms with Crippen LogP contribution in [0.1, 0.15) is 6.42 Å². The highest BCUT2D eigenvalue weighted by Gasteiger charge is 2.31. The Morgan fingerprint density at radius 1 is 1.56 bits per heavy atom. The Morgan fingerprint density at radius 3 is 3.00 bits per heavy atom. The summed E-state index contributed by atoms with van der Waals surface area (Å²) in [6.45, 7) is 0.620. The van der Waals surface area contributed by atoms with Crippen molar-refractivity contribution in [3.8, 4) is 5.75 Å². The Labute approximate surface area is 119 Å². The first-order valence-corrected chi connectivity index (χ1v) is 6.70. The largest absolute Gasteiger partial charge is 0.488 e. The highest BCUT2D eigenvalue weighted by atomic mass is 79.9. The van der Waals surface area contributed by atoms with Crippen molar-refractivity contribution in [1.29, 1.82) is 0 Å². The maximum atomic E-state index is 11.4. The number of carbonyl (C=O) groups excluding carboxylic acids is 1. The third-order valence-corrected chi connectivity index (χ3v) is 3.62. The monoisotopic (exact) mass is 333 g/mol. The Balaban J connectivity index is 1.97. The lowest BCUT2D eigenvalue weighted by molar-refractivity contribution is -0.142. The van der Waals surface area contributed by atoms with Crippen molar-refractivity contribution < 1.29 is 14.3 Å². The molecule has 1 N–H and O–H groups in total. The number of esters is 1. The summed E-state index contributed by atoms with van der Waals surface area (Å²) < 4.78 is 11.3. The molecule has 0 radical (unpaired) electrons. The molecule has 4 nitrogen and oxygen atoms in total. The highest BCUT2D eigenvalue weighted by Crippen LogP contribution is 2.29. The average Bonchev–Trinajstić information content (AvgIpc) is 2.80. The molecule has 0 unspecified atom stereocenters. The lowest BCUT2D eigenvalue weighted by Crippen LogP contribution is -2.31. The van der Waals surface area contributed by atoms with E-state index in [0.717, 1.165) is 10.2 Å². The molecule has 0 amide bonds. The van der Waals surface area contributed by atoms with E-state index in [1.165, 1.54) is 7.11 Å². The molecule has 0 saturated carbocycles. The SMILES string of the molecule is COC(=O)[C@@H]1C[C@@H](Oc2ccc(Cl)cc2Br)CN1. The number of nitrogens with one attached hydrogen (secondary N) is 1. The van der Waals surface area contributed by atoms with Gasteiger partial charge in [-0.2, -0.15) is 0 Å². The molecule has 1 fully saturated rings. The van der Waals surface area contributed by atoms with E-state index in [4.69, 9.17) is 16.3 Å². The van der Waals surface area contributed by atoms with Gasteiger partial charge in [0, 0.05) is 18.0 Å². The lowest BCUT2D eigenvalue weighted by atomic mass is 10.2. The molecule has 1 saturated heterocycles. The van der Waals surface area contributed by atoms with Crippen LogP contribution in [0.25, 0.3) is 0 Å². The predicted octanol–water partition coefficient (Wildman–Crippen LogP) is 2.38. The molecule has 2 rings (SSSR count). The van der Waals surface area contributed by atoms with E-state index in [2.05, 4.69) is 26.0 Å². The van der Waals surface area contributed by atoms with Gasteiger partial charge in [-0.1, -0.05) is 11.6 Å². The minimum absolute atomic E-state index is 0.0495. The van der Waals surface area contributed by atoms with Crippen molar-refractivity contribution in [2.24, 2.45) is 0 Å². The standard InChI is InChI=1S/C12H13BrClNO3/c1-17-12(16)10-5-8(6-15-10)18-11-3-2-7(14)4-9(11)13/h2-4,8,10,15H,5-6H2,1H3/t8-,10+/m1/s1. The van der Waals surface area contributed by atoms with Gasteiger partial charge in [0.25, 0.3) is 0 Å². The van der Waals surface area contributed by atoms with Gasteiger partial charge in [-0.25, -0.2) is 0 Å². The van der Waals surface area contributed by atoms with Crippen molar-refractivity contribution in [3.05, 3.63) is 27.7 Å². The fraction of sp³-hybridized carbons (Fsp3) is 0.417. The van der Waals surface area contributed by atoms with Crippen LogP contribution in [0, 0.1) is 0 Å². The summed E-state index contributed by atoms with van der Waals surface area (Å²) in [6.07, 6.45) is 0.549. The van der Waals surface area contributed by atoms with Crippen LogP contribution in [-0.2, 0) is 9.53 Å². The summed E-state index contributed by atoms with van der Waals surface area (Å²) in [5.41, 5.74) is 0. The van der Waals surface area contributed by atoms with Crippen LogP contribution in [0.5, 0.6) is 5.75 Å². The Morgan fingerprint density at radius 2 is 2.33 bits per heavy atom. The summed E-state index contributed by atoms with van der Waals surface area (Å²) in [6, 6.07) is 5.06. The fourth-order valence-electron chi connectivity index (χ4n) is 1.87. The lowest BCUT2D eigenvalue weighted by Gasteiger charge is -2.14. The number of ether oxygens (including phenoxy) is 2. The van der Waals surface area contributed by atoms with Crippen LogP contribution in [-0.4, -0.2) is 31.8 Å². The Hall–Kier alpha value is -0.780. The molecule has 0 aliphatic carbocycles. The number of hydrogen-bond donors (Lipinski definition) is 1. The predicted molar refractivity (Wildman–Crippen MR) is 72.0 cm³/mol. The van der Waals surface area contributed by atoms with Crippen LogP contribution in [0.15, 0.2) is 22.7 Å². The molecule has 1 heterocycles. The van der Waals surface area contributed by atoms with Gasteiger partial charge in [-0.05, 0) is 34.1 Å². The van der Waals surface area contributed by atoms with Gasteiger partial charge < -0.3 is 14.8 Å². The first-order chi connectivity index (χ1) is 8.60. The molecule has 1 aliphatic heterocycles. The average molecular weight is 335 g/mol. The number of benzene rings is 1. The van der Waals surface area contributed by atoms with E-state index < -0.39 is 0 Å². The molecule has 98 valence electrons. The molecule has 1 aliphatic rings. The second-order valence-corrected chi connectivity index (χ2v) is 5.33. The first kappa shape index (κ1) is 13.6. The number of rotatable bonds is 3. The molecular weight excluding hydrogens is 321 g/mol. The summed E-state index contributed by atoms with van der Waals surface area (Å²) >= 11 is 9.25. The normalized spacial score (nSPS) is 22.8. The van der Waals surface area contributed by atoms with Gasteiger partial charge in [0.15, 0.2) is 0 Å². The quantitative estimate of drug-likeness (QED) is 0.862. The maximum absolute atomic E-state index is 11.4. The van der Waals surface area contributed by atoms with Crippen LogP contribution in [0.4, 0.5) is 0 Å². The van der Waals surface area contributed by atoms with Gasteiger partial charge in [-0.3, -0.25) is 4.79 Å². The Bertz CT molecular complexity index is 455. The number of methoxy groups -OCH3 is 1. The molecule has 1 aromatic rings. The summed E-state index contributed by atoms with van der Waals surface area (Å²) in [5.74, 6) is 0.466. The van der Waals surface area contributed by atoms with Crippen molar-refractivity contribution in [3.63, 3.8) is 0 Å². The van der Waals surface area contributed by atoms with E-state index in [9.17, 15) is 4.79 Å². The molecule has 6 heteroatoms. The number of hydrogen-bond acceptors (Lipinski definition) is 4. The zero-order valence-electron chi connectivity index (χ0n) is 9.78. The zero-order valence-corrected chi connectivity index (χ0v) is 12.1. The summed E-state index contributed by atoms with van der Waals surface area (Å²) in [5, 5.41) is 3.71. The zero-order chi connectivity index (χ0) is 13.1. The molecule has 1 aromatic carbocycles. The Kier molecular flexibility index (Phi) is 4.48. The van der Waals surface area contributed by atoms with Crippen molar-refractivity contribution >= 4 is 33.5 Å². The molecule has 0 aromatic heterocycles. The topological polar surface area (TPSA) is 47.6 Å². The van der Waals surface area contributed by atoms with Crippen LogP contribution in [0.3, 0.4) is 0 Å². The van der Waals surface area contributed by atoms with E-state index in [-0.39, 0.29) is 18.1 Å². The van der Waals surface area contributed by atoms with E-state index >= 15 is 0 Å². The van der Waals surface area contributed by atoms with Crippen molar-refractivity contribution in [1.82, 2.24) is 5.32 Å². The van der Waals surface area contributed by atoms with Crippen LogP contribution in [0.2, 0.25) is 5.02 Å². The summed E-state index contributed by atoms with van der Waals surface area (Å²) in [4.78, 5) is 11.4. The smallest absolute Gasteiger partial charge is 0.323 e. The second-order valence-electron chi connectivity index (χ2n) is 4.03. The molecule has 0 spiro atoms. The first-order valence-electron chi connectivity index (χ1n) is 5.53. The fourth-order valence-corrected chi connectivity index (χ4v) is 2.64. The van der Waals surface area contributed by atoms with E-state index in [0.29, 0.717) is 18.0 Å². The molecule has 18 heavy (non-hydrogen) atoms. The van der Waals surface area contributed by atoms with Crippen LogP contribution >= 0.6 is 27.5 Å². The van der Waals surface area contributed by atoms with E-state index in [1.807, 2.05) is 0 Å². The van der Waals surface area contributed by atoms with Crippen LogP contribution < -0.4 is 10.1 Å². The third-order valence-electron chi connectivity index (χ3n) is 2.76. The number of halogens is 2. The van der Waals surface area contributed by atoms with E-state index in [1.54, 1.807) is 18.2 Å². The van der Waals surface area contributed by atoms with Gasteiger partial charge in [0.1, 0.15) is 17.9 Å². The maximum Gasteiger partial charge on any atom is 0.323 e. The molecule has 0 bridgehead atoms. The van der Waals surface area contributed by atoms with Crippen molar-refractivity contribution in [2.75, 3.05) is 13.7 Å². The highest BCUT2D eigenvalue weighted by molar-refractivity contribution is 9.10. The molecular formula is C12H13BrClNO3. The minimum atomic E-state index is -0.286. The number of carbonyl (C=O) groups is 1. The summed E-state index contributed by atoms with van der Waals surface area (Å²) in [7, 11) is 1.38.